The van der Waals surface area contributed by atoms with E-state index in [-0.39, 0.29) is 11.5 Å². The van der Waals surface area contributed by atoms with Gasteiger partial charge in [0.2, 0.25) is 5.89 Å². The van der Waals surface area contributed by atoms with Crippen LogP contribution in [0.4, 0.5) is 13.2 Å². The third-order valence-corrected chi connectivity index (χ3v) is 2.18. The van der Waals surface area contributed by atoms with Gasteiger partial charge in [0.05, 0.1) is 17.3 Å². The molecule has 1 aromatic carbocycles. The number of oxazole rings is 1. The number of benzene rings is 1. The summed E-state index contributed by atoms with van der Waals surface area (Å²) < 4.78 is 42.2. The van der Waals surface area contributed by atoms with Crippen molar-refractivity contribution in [2.75, 3.05) is 0 Å². The number of halogens is 3. The minimum Gasteiger partial charge on any atom is -0.507 e. The van der Waals surface area contributed by atoms with E-state index in [0.29, 0.717) is 11.8 Å². The summed E-state index contributed by atoms with van der Waals surface area (Å²) >= 11 is 0. The van der Waals surface area contributed by atoms with Gasteiger partial charge >= 0.3 is 6.18 Å². The van der Waals surface area contributed by atoms with Crippen LogP contribution < -0.4 is 0 Å². The highest BCUT2D eigenvalue weighted by Gasteiger charge is 2.31. The van der Waals surface area contributed by atoms with Crippen LogP contribution in [0.15, 0.2) is 28.8 Å². The Bertz CT molecular complexity index is 546. The summed E-state index contributed by atoms with van der Waals surface area (Å²) in [5, 5.41) is 9.52. The van der Waals surface area contributed by atoms with Crippen molar-refractivity contribution >= 4 is 0 Å². The van der Waals surface area contributed by atoms with Crippen LogP contribution in [0.1, 0.15) is 11.3 Å². The van der Waals surface area contributed by atoms with Gasteiger partial charge in [0, 0.05) is 0 Å². The Morgan fingerprint density at radius 3 is 2.47 bits per heavy atom. The van der Waals surface area contributed by atoms with E-state index >= 15 is 0 Å². The molecule has 0 aliphatic heterocycles. The number of phenols is 1. The smallest absolute Gasteiger partial charge is 0.416 e. The lowest BCUT2D eigenvalue weighted by molar-refractivity contribution is -0.137. The Morgan fingerprint density at radius 2 is 2.00 bits per heavy atom. The van der Waals surface area contributed by atoms with E-state index in [9.17, 15) is 18.3 Å². The van der Waals surface area contributed by atoms with Gasteiger partial charge in [0.1, 0.15) is 11.5 Å². The molecule has 90 valence electrons. The average molecular weight is 243 g/mol. The second-order valence-electron chi connectivity index (χ2n) is 3.51. The number of rotatable bonds is 1. The molecule has 17 heavy (non-hydrogen) atoms. The van der Waals surface area contributed by atoms with Crippen molar-refractivity contribution in [2.45, 2.75) is 13.1 Å². The maximum Gasteiger partial charge on any atom is 0.416 e. The van der Waals surface area contributed by atoms with Gasteiger partial charge in [0.25, 0.3) is 0 Å². The Labute approximate surface area is 94.5 Å². The zero-order valence-electron chi connectivity index (χ0n) is 8.75. The molecule has 0 aliphatic rings. The molecule has 0 bridgehead atoms. The molecule has 3 nitrogen and oxygen atoms in total. The number of nitrogens with zero attached hydrogens (tertiary/aromatic N) is 1. The third kappa shape index (κ3) is 2.25. The predicted octanol–water partition coefficient (Wildman–Crippen LogP) is 3.37. The summed E-state index contributed by atoms with van der Waals surface area (Å²) in [7, 11) is 0. The zero-order chi connectivity index (χ0) is 12.6. The lowest BCUT2D eigenvalue weighted by Gasteiger charge is -2.08. The van der Waals surface area contributed by atoms with Gasteiger partial charge in [-0.2, -0.15) is 13.2 Å². The second kappa shape index (κ2) is 3.80. The van der Waals surface area contributed by atoms with E-state index in [2.05, 4.69) is 4.98 Å². The lowest BCUT2D eigenvalue weighted by atomic mass is 10.1. The molecule has 2 rings (SSSR count). The zero-order valence-corrected chi connectivity index (χ0v) is 8.75. The first-order chi connectivity index (χ1) is 7.88. The minimum atomic E-state index is -4.48. The molecule has 0 aliphatic carbocycles. The molecule has 1 aromatic heterocycles. The van der Waals surface area contributed by atoms with Crippen molar-refractivity contribution in [3.8, 4) is 17.2 Å². The summed E-state index contributed by atoms with van der Waals surface area (Å²) in [6, 6.07) is 2.65. The van der Waals surface area contributed by atoms with Gasteiger partial charge < -0.3 is 9.52 Å². The maximum atomic E-state index is 12.4. The average Bonchev–Trinajstić information content (AvgIpc) is 2.63. The predicted molar refractivity (Wildman–Crippen MR) is 53.3 cm³/mol. The van der Waals surface area contributed by atoms with Crippen molar-refractivity contribution in [3.05, 3.63) is 35.7 Å². The van der Waals surface area contributed by atoms with E-state index in [1.807, 2.05) is 0 Å². The summed E-state index contributed by atoms with van der Waals surface area (Å²) in [6.45, 7) is 1.65. The van der Waals surface area contributed by atoms with Crippen LogP contribution in [0.25, 0.3) is 11.5 Å². The summed E-state index contributed by atoms with van der Waals surface area (Å²) in [5.74, 6) is 0.0923. The first-order valence-electron chi connectivity index (χ1n) is 4.71. The second-order valence-corrected chi connectivity index (χ2v) is 3.51. The standard InChI is InChI=1S/C11H8F3NO2/c1-6-5-15-10(17-6)8-3-2-7(4-9(8)16)11(12,13)14/h2-5,16H,1H3. The van der Waals surface area contributed by atoms with E-state index in [0.717, 1.165) is 12.1 Å². The van der Waals surface area contributed by atoms with Gasteiger partial charge in [-0.25, -0.2) is 4.98 Å². The Balaban J connectivity index is 2.45. The van der Waals surface area contributed by atoms with E-state index in [1.54, 1.807) is 6.92 Å². The summed E-state index contributed by atoms with van der Waals surface area (Å²) in [6.07, 6.45) is -3.06. The van der Waals surface area contributed by atoms with Crippen LogP contribution in [0.5, 0.6) is 5.75 Å². The topological polar surface area (TPSA) is 46.3 Å². The molecule has 0 saturated carbocycles. The molecule has 0 radical (unpaired) electrons. The Hall–Kier alpha value is -1.98. The van der Waals surface area contributed by atoms with Gasteiger partial charge in [-0.05, 0) is 25.1 Å². The van der Waals surface area contributed by atoms with E-state index in [4.69, 9.17) is 4.42 Å². The fourth-order valence-electron chi connectivity index (χ4n) is 1.37. The molecule has 0 amide bonds. The molecule has 0 unspecified atom stereocenters. The number of hydrogen-bond acceptors (Lipinski definition) is 3. The highest BCUT2D eigenvalue weighted by molar-refractivity contribution is 5.63. The molecule has 0 fully saturated rings. The molecule has 0 atom stereocenters. The van der Waals surface area contributed by atoms with Gasteiger partial charge in [-0.3, -0.25) is 0 Å². The van der Waals surface area contributed by atoms with Crippen molar-refractivity contribution in [1.82, 2.24) is 4.98 Å². The van der Waals surface area contributed by atoms with Crippen molar-refractivity contribution < 1.29 is 22.7 Å². The van der Waals surface area contributed by atoms with Crippen LogP contribution >= 0.6 is 0 Å². The Kier molecular flexibility index (Phi) is 2.57. The monoisotopic (exact) mass is 243 g/mol. The molecule has 1 heterocycles. The van der Waals surface area contributed by atoms with E-state index < -0.39 is 17.5 Å². The van der Waals surface area contributed by atoms with Crippen LogP contribution in [0.3, 0.4) is 0 Å². The van der Waals surface area contributed by atoms with Crippen LogP contribution in [0.2, 0.25) is 0 Å². The molecule has 1 N–H and O–H groups in total. The fraction of sp³-hybridized carbons (Fsp3) is 0.182. The number of alkyl halides is 3. The van der Waals surface area contributed by atoms with Crippen molar-refractivity contribution in [1.29, 1.82) is 0 Å². The first kappa shape index (κ1) is 11.5. The van der Waals surface area contributed by atoms with Gasteiger partial charge in [-0.15, -0.1) is 0 Å². The lowest BCUT2D eigenvalue weighted by Crippen LogP contribution is -2.04. The molecule has 0 saturated heterocycles. The molecule has 2 aromatic rings. The van der Waals surface area contributed by atoms with Crippen LogP contribution in [-0.4, -0.2) is 10.1 Å². The minimum absolute atomic E-state index is 0.0914. The van der Waals surface area contributed by atoms with Crippen LogP contribution in [0, 0.1) is 6.92 Å². The molecule has 0 spiro atoms. The normalized spacial score (nSPS) is 11.8. The van der Waals surface area contributed by atoms with Crippen LogP contribution in [-0.2, 0) is 6.18 Å². The molecular weight excluding hydrogens is 235 g/mol. The SMILES string of the molecule is Cc1cnc(-c2ccc(C(F)(F)F)cc2O)o1. The number of aromatic nitrogens is 1. The number of hydrogen-bond donors (Lipinski definition) is 1. The van der Waals surface area contributed by atoms with E-state index in [1.165, 1.54) is 6.20 Å². The number of aryl methyl sites for hydroxylation is 1. The Morgan fingerprint density at radius 1 is 1.29 bits per heavy atom. The fourth-order valence-corrected chi connectivity index (χ4v) is 1.37. The summed E-state index contributed by atoms with van der Waals surface area (Å²) in [4.78, 5) is 3.83. The molecular formula is C11H8F3NO2. The quantitative estimate of drug-likeness (QED) is 0.835. The maximum absolute atomic E-state index is 12.4. The van der Waals surface area contributed by atoms with Crippen molar-refractivity contribution in [3.63, 3.8) is 0 Å². The first-order valence-corrected chi connectivity index (χ1v) is 4.71. The highest BCUT2D eigenvalue weighted by Crippen LogP contribution is 2.36. The number of aromatic hydroxyl groups is 1. The van der Waals surface area contributed by atoms with Gasteiger partial charge in [-0.1, -0.05) is 0 Å². The number of phenolic OH excluding ortho intramolecular Hbond substituents is 1. The third-order valence-electron chi connectivity index (χ3n) is 2.18. The highest BCUT2D eigenvalue weighted by atomic mass is 19.4. The largest absolute Gasteiger partial charge is 0.507 e. The van der Waals surface area contributed by atoms with Crippen molar-refractivity contribution in [2.24, 2.45) is 0 Å². The molecule has 6 heteroatoms. The summed E-state index contributed by atoms with van der Waals surface area (Å²) in [5.41, 5.74) is -0.784. The van der Waals surface area contributed by atoms with Gasteiger partial charge in [0.15, 0.2) is 0 Å².